The van der Waals surface area contributed by atoms with Crippen LogP contribution in [0.3, 0.4) is 0 Å². The van der Waals surface area contributed by atoms with E-state index in [9.17, 15) is 13.2 Å². The summed E-state index contributed by atoms with van der Waals surface area (Å²) in [5.41, 5.74) is 1.77. The highest BCUT2D eigenvalue weighted by molar-refractivity contribution is 9.10. The maximum absolute atomic E-state index is 12.0. The van der Waals surface area contributed by atoms with E-state index in [0.717, 1.165) is 21.0 Å². The predicted octanol–water partition coefficient (Wildman–Crippen LogP) is 3.61. The smallest absolute Gasteiger partial charge is 0.233 e. The van der Waals surface area contributed by atoms with Crippen LogP contribution in [0.15, 0.2) is 64.5 Å². The van der Waals surface area contributed by atoms with Gasteiger partial charge in [-0.05, 0) is 36.3 Å². The monoisotopic (exact) mass is 436 g/mol. The molecule has 0 heterocycles. The minimum absolute atomic E-state index is 0.0420. The topological polar surface area (TPSA) is 75.3 Å². The number of sulfonamides is 1. The molecule has 2 aromatic carbocycles. The van der Waals surface area contributed by atoms with Crippen molar-refractivity contribution in [2.75, 3.05) is 6.54 Å². The SMILES string of the molecule is CC(NC(=O)CCNS(=O)(=O)/C=C/c1ccccc1)c1ccc(Br)cc1. The molecule has 7 heteroatoms. The second-order valence-electron chi connectivity index (χ2n) is 5.74. The number of nitrogens with one attached hydrogen (secondary N) is 2. The van der Waals surface area contributed by atoms with Gasteiger partial charge in [-0.15, -0.1) is 0 Å². The Kier molecular flexibility index (Phi) is 7.56. The van der Waals surface area contributed by atoms with E-state index in [2.05, 4.69) is 26.0 Å². The standard InChI is InChI=1S/C19H21BrN2O3S/c1-15(17-7-9-18(20)10-8-17)22-19(23)11-13-21-26(24,25)14-12-16-5-3-2-4-6-16/h2-10,12,14-15,21H,11,13H2,1H3,(H,22,23)/b14-12+. The van der Waals surface area contributed by atoms with Gasteiger partial charge in [-0.3, -0.25) is 4.79 Å². The molecule has 0 bridgehead atoms. The average Bonchev–Trinajstić information content (AvgIpc) is 2.61. The molecule has 5 nitrogen and oxygen atoms in total. The lowest BCUT2D eigenvalue weighted by Crippen LogP contribution is -2.31. The van der Waals surface area contributed by atoms with Gasteiger partial charge in [0.2, 0.25) is 15.9 Å². The van der Waals surface area contributed by atoms with E-state index in [1.165, 1.54) is 6.08 Å². The van der Waals surface area contributed by atoms with Gasteiger partial charge in [-0.1, -0.05) is 58.4 Å². The largest absolute Gasteiger partial charge is 0.350 e. The summed E-state index contributed by atoms with van der Waals surface area (Å²) in [5, 5.41) is 3.95. The van der Waals surface area contributed by atoms with Gasteiger partial charge in [-0.2, -0.15) is 0 Å². The van der Waals surface area contributed by atoms with E-state index in [1.807, 2.05) is 61.5 Å². The summed E-state index contributed by atoms with van der Waals surface area (Å²) < 4.78 is 27.2. The Morgan fingerprint density at radius 3 is 2.42 bits per heavy atom. The summed E-state index contributed by atoms with van der Waals surface area (Å²) in [6.45, 7) is 1.92. The first kappa shape index (κ1) is 20.4. The van der Waals surface area contributed by atoms with Gasteiger partial charge in [0.15, 0.2) is 0 Å². The first-order valence-corrected chi connectivity index (χ1v) is 10.5. The summed E-state index contributed by atoms with van der Waals surface area (Å²) in [7, 11) is -3.58. The van der Waals surface area contributed by atoms with Crippen LogP contribution in [-0.4, -0.2) is 20.9 Å². The van der Waals surface area contributed by atoms with Crippen LogP contribution >= 0.6 is 15.9 Å². The van der Waals surface area contributed by atoms with Crippen LogP contribution in [0.1, 0.15) is 30.5 Å². The van der Waals surface area contributed by atoms with Crippen molar-refractivity contribution in [3.63, 3.8) is 0 Å². The number of carbonyl (C=O) groups is 1. The number of hydrogen-bond acceptors (Lipinski definition) is 3. The average molecular weight is 437 g/mol. The Bertz CT molecular complexity index is 850. The van der Waals surface area contributed by atoms with Crippen LogP contribution in [0.25, 0.3) is 6.08 Å². The first-order valence-electron chi connectivity index (χ1n) is 8.13. The van der Waals surface area contributed by atoms with E-state index in [-0.39, 0.29) is 24.9 Å². The van der Waals surface area contributed by atoms with Crippen LogP contribution < -0.4 is 10.0 Å². The van der Waals surface area contributed by atoms with Gasteiger partial charge >= 0.3 is 0 Å². The third kappa shape index (κ3) is 7.11. The summed E-state index contributed by atoms with van der Waals surface area (Å²) in [4.78, 5) is 12.0. The minimum Gasteiger partial charge on any atom is -0.350 e. The van der Waals surface area contributed by atoms with E-state index >= 15 is 0 Å². The van der Waals surface area contributed by atoms with E-state index in [4.69, 9.17) is 0 Å². The Hall–Kier alpha value is -1.96. The lowest BCUT2D eigenvalue weighted by Gasteiger charge is -2.14. The molecule has 0 aliphatic carbocycles. The second kappa shape index (κ2) is 9.66. The molecule has 0 saturated heterocycles. The summed E-state index contributed by atoms with van der Waals surface area (Å²) in [6, 6.07) is 16.6. The second-order valence-corrected chi connectivity index (χ2v) is 8.31. The van der Waals surface area contributed by atoms with Crippen molar-refractivity contribution >= 4 is 37.9 Å². The number of carbonyl (C=O) groups excluding carboxylic acids is 1. The van der Waals surface area contributed by atoms with Gasteiger partial charge in [0.1, 0.15) is 0 Å². The Morgan fingerprint density at radius 2 is 1.77 bits per heavy atom. The zero-order chi connectivity index (χ0) is 19.0. The van der Waals surface area contributed by atoms with Gasteiger partial charge in [0.25, 0.3) is 0 Å². The van der Waals surface area contributed by atoms with Crippen LogP contribution in [-0.2, 0) is 14.8 Å². The third-order valence-corrected chi connectivity index (χ3v) is 5.27. The lowest BCUT2D eigenvalue weighted by molar-refractivity contribution is -0.121. The maximum atomic E-state index is 12.0. The number of halogens is 1. The van der Waals surface area contributed by atoms with Crippen molar-refractivity contribution in [1.82, 2.24) is 10.0 Å². The fourth-order valence-electron chi connectivity index (χ4n) is 2.24. The first-order chi connectivity index (χ1) is 12.4. The molecule has 0 aliphatic heterocycles. The molecule has 1 unspecified atom stereocenters. The zero-order valence-corrected chi connectivity index (χ0v) is 16.8. The molecular weight excluding hydrogens is 416 g/mol. The summed E-state index contributed by atoms with van der Waals surface area (Å²) >= 11 is 3.37. The molecule has 2 aromatic rings. The van der Waals surface area contributed by atoms with Crippen LogP contribution in [0.4, 0.5) is 0 Å². The molecule has 0 radical (unpaired) electrons. The Balaban J connectivity index is 1.78. The molecule has 0 aliphatic rings. The number of benzene rings is 2. The molecule has 2 N–H and O–H groups in total. The van der Waals surface area contributed by atoms with Crippen molar-refractivity contribution in [3.8, 4) is 0 Å². The zero-order valence-electron chi connectivity index (χ0n) is 14.4. The molecule has 2 rings (SSSR count). The Morgan fingerprint density at radius 1 is 1.12 bits per heavy atom. The molecule has 0 spiro atoms. The summed E-state index contributed by atoms with van der Waals surface area (Å²) in [5.74, 6) is -0.213. The fraction of sp³-hybridized carbons (Fsp3) is 0.211. The quantitative estimate of drug-likeness (QED) is 0.663. The number of rotatable bonds is 8. The van der Waals surface area contributed by atoms with Crippen molar-refractivity contribution < 1.29 is 13.2 Å². The van der Waals surface area contributed by atoms with Crippen molar-refractivity contribution in [3.05, 3.63) is 75.6 Å². The molecule has 0 saturated carbocycles. The molecule has 1 atom stereocenters. The highest BCUT2D eigenvalue weighted by Gasteiger charge is 2.11. The Labute approximate surface area is 162 Å². The molecule has 138 valence electrons. The highest BCUT2D eigenvalue weighted by Crippen LogP contribution is 2.16. The van der Waals surface area contributed by atoms with Gasteiger partial charge < -0.3 is 5.32 Å². The molecule has 0 aromatic heterocycles. The third-order valence-electron chi connectivity index (χ3n) is 3.64. The van der Waals surface area contributed by atoms with Gasteiger partial charge in [0, 0.05) is 22.8 Å². The maximum Gasteiger partial charge on any atom is 0.233 e. The molecule has 26 heavy (non-hydrogen) atoms. The van der Waals surface area contributed by atoms with Crippen molar-refractivity contribution in [1.29, 1.82) is 0 Å². The lowest BCUT2D eigenvalue weighted by atomic mass is 10.1. The highest BCUT2D eigenvalue weighted by atomic mass is 79.9. The van der Waals surface area contributed by atoms with E-state index in [1.54, 1.807) is 0 Å². The number of hydrogen-bond donors (Lipinski definition) is 2. The van der Waals surface area contributed by atoms with Gasteiger partial charge in [0.05, 0.1) is 6.04 Å². The van der Waals surface area contributed by atoms with Crippen molar-refractivity contribution in [2.45, 2.75) is 19.4 Å². The van der Waals surface area contributed by atoms with Crippen LogP contribution in [0.5, 0.6) is 0 Å². The van der Waals surface area contributed by atoms with E-state index < -0.39 is 10.0 Å². The van der Waals surface area contributed by atoms with E-state index in [0.29, 0.717) is 0 Å². The van der Waals surface area contributed by atoms with Gasteiger partial charge in [-0.25, -0.2) is 13.1 Å². The number of amides is 1. The normalized spacial score (nSPS) is 12.8. The molecule has 0 fully saturated rings. The van der Waals surface area contributed by atoms with Crippen molar-refractivity contribution in [2.24, 2.45) is 0 Å². The molecule has 1 amide bonds. The fourth-order valence-corrected chi connectivity index (χ4v) is 3.32. The summed E-state index contributed by atoms with van der Waals surface area (Å²) in [6.07, 6.45) is 1.58. The van der Waals surface area contributed by atoms with Crippen LogP contribution in [0, 0.1) is 0 Å². The van der Waals surface area contributed by atoms with Crippen LogP contribution in [0.2, 0.25) is 0 Å². The predicted molar refractivity (Wildman–Crippen MR) is 108 cm³/mol. The minimum atomic E-state index is -3.58. The molecular formula is C19H21BrN2O3S.